The molecule has 0 saturated carbocycles. The van der Waals surface area contributed by atoms with Crippen molar-refractivity contribution in [2.45, 2.75) is 38.9 Å². The summed E-state index contributed by atoms with van der Waals surface area (Å²) in [4.78, 5) is 12.5. The molecule has 4 nitrogen and oxygen atoms in total. The Morgan fingerprint density at radius 3 is 1.92 bits per heavy atom. The zero-order valence-electron chi connectivity index (χ0n) is 15.4. The van der Waals surface area contributed by atoms with E-state index in [1.54, 1.807) is 6.07 Å². The van der Waals surface area contributed by atoms with Gasteiger partial charge in [0.2, 0.25) is 0 Å². The number of benzene rings is 2. The Morgan fingerprint density at radius 2 is 1.31 bits per heavy atom. The van der Waals surface area contributed by atoms with Crippen molar-refractivity contribution in [3.05, 3.63) is 65.0 Å². The molecule has 1 aliphatic rings. The molecule has 2 aromatic carbocycles. The predicted octanol–water partition coefficient (Wildman–Crippen LogP) is 3.76. The van der Waals surface area contributed by atoms with Crippen LogP contribution >= 0.6 is 0 Å². The van der Waals surface area contributed by atoms with E-state index in [9.17, 15) is 4.79 Å². The smallest absolute Gasteiger partial charge is 0.423 e. The molecule has 0 amide bonds. The van der Waals surface area contributed by atoms with Gasteiger partial charge in [-0.25, -0.2) is 4.79 Å². The lowest BCUT2D eigenvalue weighted by atomic mass is 9.74. The maximum atomic E-state index is 12.5. The van der Waals surface area contributed by atoms with E-state index in [4.69, 9.17) is 13.7 Å². The fraction of sp³-hybridized carbons (Fsp3) is 0.286. The first-order chi connectivity index (χ1) is 12.3. The number of hydrogen-bond acceptors (Lipinski definition) is 4. The second-order valence-electron chi connectivity index (χ2n) is 7.63. The Labute approximate surface area is 152 Å². The van der Waals surface area contributed by atoms with Gasteiger partial charge in [-0.15, -0.1) is 0 Å². The summed E-state index contributed by atoms with van der Waals surface area (Å²) in [7, 11) is -0.621. The molecule has 5 heteroatoms. The minimum Gasteiger partial charge on any atom is -0.423 e. The fourth-order valence-corrected chi connectivity index (χ4v) is 3.22. The topological polar surface area (TPSA) is 48.7 Å². The highest BCUT2D eigenvalue weighted by atomic mass is 16.7. The predicted molar refractivity (Wildman–Crippen MR) is 104 cm³/mol. The highest BCUT2D eigenvalue weighted by Gasteiger charge is 2.53. The highest BCUT2D eigenvalue weighted by molar-refractivity contribution is 6.66. The molecule has 3 aromatic rings. The van der Waals surface area contributed by atoms with Gasteiger partial charge in [-0.3, -0.25) is 0 Å². The number of rotatable bonds is 2. The molecule has 1 aromatic heterocycles. The number of fused-ring (bicyclic) bond motifs is 1. The van der Waals surface area contributed by atoms with Gasteiger partial charge in [0.25, 0.3) is 0 Å². The Kier molecular flexibility index (Phi) is 3.83. The summed E-state index contributed by atoms with van der Waals surface area (Å²) in [6.07, 6.45) is 0. The van der Waals surface area contributed by atoms with Gasteiger partial charge in [-0.2, -0.15) is 0 Å². The van der Waals surface area contributed by atoms with E-state index in [1.807, 2.05) is 76.2 Å². The second-order valence-corrected chi connectivity index (χ2v) is 7.63. The van der Waals surface area contributed by atoms with E-state index in [-0.39, 0.29) is 5.63 Å². The maximum absolute atomic E-state index is 12.5. The highest BCUT2D eigenvalue weighted by Crippen LogP contribution is 2.38. The van der Waals surface area contributed by atoms with Crippen LogP contribution in [0.1, 0.15) is 27.7 Å². The Balaban J connectivity index is 2.01. The SMILES string of the molecule is CC1(C)OB(c2c(-c3ccccc3)oc(=O)c3ccccc23)OC1(C)C. The summed E-state index contributed by atoms with van der Waals surface area (Å²) in [5.41, 5.74) is 0.246. The Morgan fingerprint density at radius 1 is 0.769 bits per heavy atom. The molecule has 0 bridgehead atoms. The Bertz CT molecular complexity index is 1010. The molecule has 132 valence electrons. The molecule has 0 aliphatic carbocycles. The minimum absolute atomic E-state index is 0.361. The van der Waals surface area contributed by atoms with Crippen LogP contribution in [0.2, 0.25) is 0 Å². The lowest BCUT2D eigenvalue weighted by molar-refractivity contribution is 0.00578. The molecule has 0 spiro atoms. The van der Waals surface area contributed by atoms with Gasteiger partial charge in [0.05, 0.1) is 16.6 Å². The first-order valence-electron chi connectivity index (χ1n) is 8.77. The molecule has 4 rings (SSSR count). The summed E-state index contributed by atoms with van der Waals surface area (Å²) in [6.45, 7) is 8.04. The van der Waals surface area contributed by atoms with Crippen molar-refractivity contribution in [1.29, 1.82) is 0 Å². The average molecular weight is 348 g/mol. The maximum Gasteiger partial charge on any atom is 0.499 e. The third-order valence-corrected chi connectivity index (χ3v) is 5.40. The summed E-state index contributed by atoms with van der Waals surface area (Å²) in [5.74, 6) is 0.493. The molecule has 26 heavy (non-hydrogen) atoms. The molecular formula is C21H21BO4. The molecule has 0 unspecified atom stereocenters. The van der Waals surface area contributed by atoms with E-state index in [1.165, 1.54) is 0 Å². The molecule has 1 aliphatic heterocycles. The van der Waals surface area contributed by atoms with Crippen LogP contribution in [0.25, 0.3) is 22.1 Å². The van der Waals surface area contributed by atoms with Crippen molar-refractivity contribution in [1.82, 2.24) is 0 Å². The summed E-state index contributed by atoms with van der Waals surface area (Å²) >= 11 is 0. The monoisotopic (exact) mass is 348 g/mol. The van der Waals surface area contributed by atoms with Crippen LogP contribution in [0, 0.1) is 0 Å². The van der Waals surface area contributed by atoms with Crippen LogP contribution in [0.5, 0.6) is 0 Å². The first-order valence-corrected chi connectivity index (χ1v) is 8.77. The standard InChI is InChI=1S/C21H21BO4/c1-20(2)21(3,4)26-22(25-20)17-15-12-8-9-13-16(15)19(23)24-18(17)14-10-6-5-7-11-14/h5-13H,1-4H3. The Hall–Kier alpha value is -2.37. The molecule has 2 heterocycles. The van der Waals surface area contributed by atoms with Crippen molar-refractivity contribution < 1.29 is 13.7 Å². The molecule has 0 radical (unpaired) electrons. The first kappa shape index (κ1) is 17.1. The second kappa shape index (κ2) is 5.83. The molecule has 0 N–H and O–H groups in total. The van der Waals surface area contributed by atoms with E-state index < -0.39 is 18.3 Å². The van der Waals surface area contributed by atoms with Gasteiger partial charge >= 0.3 is 12.7 Å². The molecular weight excluding hydrogens is 327 g/mol. The summed E-state index contributed by atoms with van der Waals surface area (Å²) in [6, 6.07) is 17.0. The van der Waals surface area contributed by atoms with Crippen molar-refractivity contribution in [3.8, 4) is 11.3 Å². The third-order valence-electron chi connectivity index (χ3n) is 5.40. The molecule has 1 saturated heterocycles. The fourth-order valence-electron chi connectivity index (χ4n) is 3.22. The zero-order valence-corrected chi connectivity index (χ0v) is 15.4. The van der Waals surface area contributed by atoms with E-state index in [0.717, 1.165) is 16.4 Å². The zero-order chi connectivity index (χ0) is 18.5. The largest absolute Gasteiger partial charge is 0.499 e. The molecule has 0 atom stereocenters. The van der Waals surface area contributed by atoms with Gasteiger partial charge < -0.3 is 13.7 Å². The normalized spacial score (nSPS) is 18.4. The van der Waals surface area contributed by atoms with Gasteiger partial charge in [-0.1, -0.05) is 48.5 Å². The van der Waals surface area contributed by atoms with Crippen LogP contribution in [0.3, 0.4) is 0 Å². The van der Waals surface area contributed by atoms with Crippen molar-refractivity contribution >= 4 is 23.4 Å². The summed E-state index contributed by atoms with van der Waals surface area (Å²) < 4.78 is 18.3. The number of hydrogen-bond donors (Lipinski definition) is 0. The molecule has 1 fully saturated rings. The van der Waals surface area contributed by atoms with E-state index >= 15 is 0 Å². The van der Waals surface area contributed by atoms with Crippen molar-refractivity contribution in [2.24, 2.45) is 0 Å². The van der Waals surface area contributed by atoms with E-state index in [0.29, 0.717) is 11.1 Å². The van der Waals surface area contributed by atoms with Crippen LogP contribution in [0.15, 0.2) is 63.8 Å². The van der Waals surface area contributed by atoms with Crippen molar-refractivity contribution in [2.75, 3.05) is 0 Å². The van der Waals surface area contributed by atoms with Crippen LogP contribution in [-0.2, 0) is 9.31 Å². The van der Waals surface area contributed by atoms with Gasteiger partial charge in [0, 0.05) is 11.0 Å². The lowest BCUT2D eigenvalue weighted by Gasteiger charge is -2.32. The minimum atomic E-state index is -0.621. The van der Waals surface area contributed by atoms with Gasteiger partial charge in [0.1, 0.15) is 5.76 Å². The van der Waals surface area contributed by atoms with Crippen molar-refractivity contribution in [3.63, 3.8) is 0 Å². The van der Waals surface area contributed by atoms with E-state index in [2.05, 4.69) is 0 Å². The summed E-state index contributed by atoms with van der Waals surface area (Å²) in [5, 5.41) is 1.32. The van der Waals surface area contributed by atoms with Crippen LogP contribution < -0.4 is 11.1 Å². The van der Waals surface area contributed by atoms with Gasteiger partial charge in [0.15, 0.2) is 0 Å². The quantitative estimate of drug-likeness (QED) is 0.662. The van der Waals surface area contributed by atoms with Gasteiger partial charge in [-0.05, 0) is 39.1 Å². The average Bonchev–Trinajstić information content (AvgIpc) is 2.83. The lowest BCUT2D eigenvalue weighted by Crippen LogP contribution is -2.41. The van der Waals surface area contributed by atoms with Crippen LogP contribution in [-0.4, -0.2) is 18.3 Å². The third kappa shape index (κ3) is 2.59. The van der Waals surface area contributed by atoms with Crippen LogP contribution in [0.4, 0.5) is 0 Å².